The van der Waals surface area contributed by atoms with Crippen LogP contribution in [0.1, 0.15) is 0 Å². The number of carbonyl (C=O) groups is 2. The molecule has 0 saturated carbocycles. The van der Waals surface area contributed by atoms with Crippen LogP contribution in [0.3, 0.4) is 0 Å². The molecular weight excluding hydrogens is 373 g/mol. The van der Waals surface area contributed by atoms with Crippen molar-refractivity contribution in [1.82, 2.24) is 4.90 Å². The SMILES string of the molecule is O=C1C=C(Nc2c(Cl)cc(F)c(F)c2Br)C(=O)N1CCO. The Morgan fingerprint density at radius 1 is 1.38 bits per heavy atom. The number of anilines is 1. The van der Waals surface area contributed by atoms with E-state index in [0.717, 1.165) is 17.0 Å². The number of benzene rings is 1. The largest absolute Gasteiger partial charge is 0.395 e. The van der Waals surface area contributed by atoms with Crippen molar-refractivity contribution in [2.75, 3.05) is 18.5 Å². The minimum absolute atomic E-state index is 0.0752. The van der Waals surface area contributed by atoms with E-state index in [2.05, 4.69) is 21.2 Å². The van der Waals surface area contributed by atoms with Crippen LogP contribution < -0.4 is 5.32 Å². The van der Waals surface area contributed by atoms with E-state index in [1.807, 2.05) is 0 Å². The van der Waals surface area contributed by atoms with E-state index in [0.29, 0.717) is 0 Å². The van der Waals surface area contributed by atoms with Gasteiger partial charge in [0.1, 0.15) is 5.70 Å². The number of nitrogens with one attached hydrogen (secondary N) is 1. The van der Waals surface area contributed by atoms with Crippen molar-refractivity contribution in [3.05, 3.63) is 39.0 Å². The van der Waals surface area contributed by atoms with E-state index in [1.54, 1.807) is 0 Å². The van der Waals surface area contributed by atoms with E-state index in [4.69, 9.17) is 16.7 Å². The highest BCUT2D eigenvalue weighted by Gasteiger charge is 2.31. The lowest BCUT2D eigenvalue weighted by Gasteiger charge is -2.15. The van der Waals surface area contributed by atoms with Crippen LogP contribution in [0.25, 0.3) is 0 Å². The highest BCUT2D eigenvalue weighted by molar-refractivity contribution is 9.10. The summed E-state index contributed by atoms with van der Waals surface area (Å²) in [4.78, 5) is 24.3. The third kappa shape index (κ3) is 2.92. The summed E-state index contributed by atoms with van der Waals surface area (Å²) in [6, 6.07) is 0.747. The van der Waals surface area contributed by atoms with Crippen molar-refractivity contribution >= 4 is 45.0 Å². The van der Waals surface area contributed by atoms with E-state index in [9.17, 15) is 18.4 Å². The van der Waals surface area contributed by atoms with Crippen molar-refractivity contribution in [2.24, 2.45) is 0 Å². The molecule has 0 spiro atoms. The molecule has 1 heterocycles. The molecule has 9 heteroatoms. The molecule has 0 radical (unpaired) electrons. The van der Waals surface area contributed by atoms with E-state index >= 15 is 0 Å². The van der Waals surface area contributed by atoms with E-state index < -0.39 is 23.4 Å². The van der Waals surface area contributed by atoms with Gasteiger partial charge in [0, 0.05) is 6.08 Å². The molecule has 0 bridgehead atoms. The number of amides is 2. The van der Waals surface area contributed by atoms with Crippen LogP contribution in [0.15, 0.2) is 22.3 Å². The Kier molecular flexibility index (Phi) is 4.60. The summed E-state index contributed by atoms with van der Waals surface area (Å²) in [6.45, 7) is -0.541. The fourth-order valence-electron chi connectivity index (χ4n) is 1.73. The molecule has 2 amide bonds. The summed E-state index contributed by atoms with van der Waals surface area (Å²) in [5.74, 6) is -3.64. The molecule has 1 aromatic rings. The minimum Gasteiger partial charge on any atom is -0.395 e. The number of rotatable bonds is 4. The maximum atomic E-state index is 13.5. The standard InChI is InChI=1S/C12H8BrClF2N2O3/c13-9-10(16)6(15)3-5(14)11(9)17-7-4-8(20)18(1-2-19)12(7)21/h3-4,17,19H,1-2H2. The van der Waals surface area contributed by atoms with Gasteiger partial charge in [0.25, 0.3) is 11.8 Å². The Labute approximate surface area is 131 Å². The molecule has 2 N–H and O–H groups in total. The summed E-state index contributed by atoms with van der Waals surface area (Å²) in [5, 5.41) is 11.1. The number of aliphatic hydroxyl groups excluding tert-OH is 1. The first kappa shape index (κ1) is 15.9. The Balaban J connectivity index is 2.32. The smallest absolute Gasteiger partial charge is 0.277 e. The molecule has 21 heavy (non-hydrogen) atoms. The quantitative estimate of drug-likeness (QED) is 0.476. The number of carbonyl (C=O) groups excluding carboxylic acids is 2. The van der Waals surface area contributed by atoms with Crippen molar-refractivity contribution < 1.29 is 23.5 Å². The number of halogens is 4. The first-order valence-corrected chi connectivity index (χ1v) is 6.82. The average Bonchev–Trinajstić information content (AvgIpc) is 2.69. The Morgan fingerprint density at radius 3 is 2.67 bits per heavy atom. The topological polar surface area (TPSA) is 69.6 Å². The molecule has 1 aromatic carbocycles. The van der Waals surface area contributed by atoms with Gasteiger partial charge in [0.05, 0.1) is 28.3 Å². The second-order valence-corrected chi connectivity index (χ2v) is 5.25. The van der Waals surface area contributed by atoms with Gasteiger partial charge in [-0.2, -0.15) is 0 Å². The second kappa shape index (κ2) is 6.08. The zero-order chi connectivity index (χ0) is 15.7. The summed E-state index contributed by atoms with van der Waals surface area (Å²) in [7, 11) is 0. The zero-order valence-corrected chi connectivity index (χ0v) is 12.6. The van der Waals surface area contributed by atoms with Crippen LogP contribution in [-0.2, 0) is 9.59 Å². The molecule has 0 aliphatic carbocycles. The van der Waals surface area contributed by atoms with Gasteiger partial charge < -0.3 is 10.4 Å². The first-order valence-electron chi connectivity index (χ1n) is 5.65. The Morgan fingerprint density at radius 2 is 2.05 bits per heavy atom. The average molecular weight is 382 g/mol. The summed E-state index contributed by atoms with van der Waals surface area (Å²) >= 11 is 8.62. The molecule has 2 rings (SSSR count). The Hall–Kier alpha value is -1.51. The minimum atomic E-state index is -1.17. The lowest BCUT2D eigenvalue weighted by atomic mass is 10.2. The lowest BCUT2D eigenvalue weighted by molar-refractivity contribution is -0.137. The predicted octanol–water partition coefficient (Wildman–Crippen LogP) is 2.04. The summed E-state index contributed by atoms with van der Waals surface area (Å²) < 4.78 is 26.3. The van der Waals surface area contributed by atoms with Gasteiger partial charge in [-0.1, -0.05) is 11.6 Å². The van der Waals surface area contributed by atoms with Gasteiger partial charge in [0.15, 0.2) is 11.6 Å². The van der Waals surface area contributed by atoms with Crippen LogP contribution in [0.2, 0.25) is 5.02 Å². The van der Waals surface area contributed by atoms with Crippen LogP contribution >= 0.6 is 27.5 Å². The lowest BCUT2D eigenvalue weighted by Crippen LogP contribution is -2.34. The molecule has 0 aromatic heterocycles. The molecule has 0 unspecified atom stereocenters. The van der Waals surface area contributed by atoms with E-state index in [-0.39, 0.29) is 34.0 Å². The number of hydrogen-bond acceptors (Lipinski definition) is 4. The maximum Gasteiger partial charge on any atom is 0.277 e. The number of aliphatic hydroxyl groups is 1. The molecule has 0 atom stereocenters. The normalized spacial score (nSPS) is 14.7. The third-order valence-electron chi connectivity index (χ3n) is 2.71. The zero-order valence-electron chi connectivity index (χ0n) is 10.3. The molecular formula is C12H8BrClF2N2O3. The summed E-state index contributed by atoms with van der Waals surface area (Å²) in [6.07, 6.45) is 0.988. The van der Waals surface area contributed by atoms with Crippen molar-refractivity contribution in [1.29, 1.82) is 0 Å². The maximum absolute atomic E-state index is 13.5. The van der Waals surface area contributed by atoms with Crippen LogP contribution in [0.4, 0.5) is 14.5 Å². The van der Waals surface area contributed by atoms with Gasteiger partial charge in [0.2, 0.25) is 0 Å². The number of β-amino-alcohol motifs (C(OH)–C–C–N with tert-alkyl or cyclic N) is 1. The fourth-order valence-corrected chi connectivity index (χ4v) is 2.58. The first-order chi connectivity index (χ1) is 9.86. The summed E-state index contributed by atoms with van der Waals surface area (Å²) in [5.41, 5.74) is -0.226. The van der Waals surface area contributed by atoms with Crippen LogP contribution in [0.5, 0.6) is 0 Å². The van der Waals surface area contributed by atoms with Crippen LogP contribution in [-0.4, -0.2) is 35.0 Å². The molecule has 0 saturated heterocycles. The number of imide groups is 1. The number of nitrogens with zero attached hydrogens (tertiary/aromatic N) is 1. The van der Waals surface area contributed by atoms with Crippen molar-refractivity contribution in [2.45, 2.75) is 0 Å². The van der Waals surface area contributed by atoms with Gasteiger partial charge in [-0.05, 0) is 22.0 Å². The van der Waals surface area contributed by atoms with Gasteiger partial charge in [-0.15, -0.1) is 0 Å². The molecule has 1 aliphatic heterocycles. The van der Waals surface area contributed by atoms with Crippen molar-refractivity contribution in [3.8, 4) is 0 Å². The molecule has 5 nitrogen and oxygen atoms in total. The Bertz CT molecular complexity index is 666. The molecule has 1 aliphatic rings. The van der Waals surface area contributed by atoms with Gasteiger partial charge in [-0.3, -0.25) is 14.5 Å². The van der Waals surface area contributed by atoms with Crippen LogP contribution in [0, 0.1) is 11.6 Å². The molecule has 112 valence electrons. The van der Waals surface area contributed by atoms with E-state index in [1.165, 1.54) is 0 Å². The van der Waals surface area contributed by atoms with Crippen molar-refractivity contribution in [3.63, 3.8) is 0 Å². The van der Waals surface area contributed by atoms with Gasteiger partial charge >= 0.3 is 0 Å². The predicted molar refractivity (Wildman–Crippen MR) is 74.6 cm³/mol. The number of hydrogen-bond donors (Lipinski definition) is 2. The van der Waals surface area contributed by atoms with Gasteiger partial charge in [-0.25, -0.2) is 8.78 Å². The monoisotopic (exact) mass is 380 g/mol. The highest BCUT2D eigenvalue weighted by Crippen LogP contribution is 2.35. The second-order valence-electron chi connectivity index (χ2n) is 4.04. The highest BCUT2D eigenvalue weighted by atomic mass is 79.9. The fraction of sp³-hybridized carbons (Fsp3) is 0.167. The third-order valence-corrected chi connectivity index (χ3v) is 3.75. The molecule has 0 fully saturated rings.